The molecule has 4 aromatic rings. The summed E-state index contributed by atoms with van der Waals surface area (Å²) in [6, 6.07) is 13.6. The molecule has 1 aliphatic rings. The van der Waals surface area contributed by atoms with Gasteiger partial charge in [-0.25, -0.2) is 0 Å². The quantitative estimate of drug-likeness (QED) is 0.280. The SMILES string of the molecule is CC.N#Cc1cccc(NC(=O)c2cnn3c2C(=O)N(c2ccc(C(F)(F)c4cc(C(F)(F)F)ccn4)cc2)CC3)c1. The number of hydrogen-bond acceptors (Lipinski definition) is 5. The Balaban J connectivity index is 0.00000198. The van der Waals surface area contributed by atoms with Gasteiger partial charge in [-0.15, -0.1) is 0 Å². The van der Waals surface area contributed by atoms with E-state index in [-0.39, 0.29) is 30.0 Å². The summed E-state index contributed by atoms with van der Waals surface area (Å²) in [6.07, 6.45) is -2.90. The molecule has 42 heavy (non-hydrogen) atoms. The van der Waals surface area contributed by atoms with Gasteiger partial charge in [0.2, 0.25) is 0 Å². The van der Waals surface area contributed by atoms with Gasteiger partial charge in [-0.2, -0.15) is 32.3 Å². The van der Waals surface area contributed by atoms with E-state index in [4.69, 9.17) is 5.26 Å². The molecule has 0 atom stereocenters. The zero-order chi connectivity index (χ0) is 30.7. The average Bonchev–Trinajstić information content (AvgIpc) is 3.44. The van der Waals surface area contributed by atoms with Gasteiger partial charge in [0, 0.05) is 29.7 Å². The molecule has 0 saturated heterocycles. The van der Waals surface area contributed by atoms with Crippen molar-refractivity contribution in [1.82, 2.24) is 14.8 Å². The predicted molar refractivity (Wildman–Crippen MR) is 143 cm³/mol. The van der Waals surface area contributed by atoms with E-state index in [1.807, 2.05) is 19.9 Å². The normalized spacial score (nSPS) is 13.0. The monoisotopic (exact) mass is 582 g/mol. The van der Waals surface area contributed by atoms with Crippen molar-refractivity contribution >= 4 is 23.2 Å². The molecule has 0 radical (unpaired) electrons. The van der Waals surface area contributed by atoms with Crippen molar-refractivity contribution in [3.8, 4) is 6.07 Å². The maximum absolute atomic E-state index is 15.0. The number of nitrogens with one attached hydrogen (secondary N) is 1. The van der Waals surface area contributed by atoms with Gasteiger partial charge >= 0.3 is 12.1 Å². The molecule has 0 spiro atoms. The van der Waals surface area contributed by atoms with Crippen LogP contribution in [0.5, 0.6) is 0 Å². The van der Waals surface area contributed by atoms with Crippen molar-refractivity contribution in [2.75, 3.05) is 16.8 Å². The number of nitriles is 1. The van der Waals surface area contributed by atoms with Gasteiger partial charge < -0.3 is 10.2 Å². The first-order chi connectivity index (χ1) is 20.0. The lowest BCUT2D eigenvalue weighted by atomic mass is 10.0. The lowest BCUT2D eigenvalue weighted by molar-refractivity contribution is -0.137. The maximum atomic E-state index is 15.0. The van der Waals surface area contributed by atoms with Crippen LogP contribution in [0.2, 0.25) is 0 Å². The van der Waals surface area contributed by atoms with Crippen LogP contribution in [-0.2, 0) is 18.6 Å². The number of pyridine rings is 1. The first-order valence-electron chi connectivity index (χ1n) is 12.7. The van der Waals surface area contributed by atoms with Crippen molar-refractivity contribution in [3.63, 3.8) is 0 Å². The van der Waals surface area contributed by atoms with Crippen LogP contribution < -0.4 is 10.2 Å². The van der Waals surface area contributed by atoms with Crippen LogP contribution in [0.15, 0.2) is 73.1 Å². The van der Waals surface area contributed by atoms with E-state index in [0.29, 0.717) is 29.6 Å². The van der Waals surface area contributed by atoms with E-state index in [0.717, 1.165) is 12.1 Å². The van der Waals surface area contributed by atoms with E-state index in [1.54, 1.807) is 18.2 Å². The summed E-state index contributed by atoms with van der Waals surface area (Å²) in [5.41, 5.74) is -2.05. The number of alkyl halides is 5. The van der Waals surface area contributed by atoms with Gasteiger partial charge in [-0.05, 0) is 42.5 Å². The molecule has 8 nitrogen and oxygen atoms in total. The minimum atomic E-state index is -4.81. The van der Waals surface area contributed by atoms with Crippen LogP contribution in [0, 0.1) is 11.3 Å². The van der Waals surface area contributed by atoms with Crippen LogP contribution in [0.4, 0.5) is 33.3 Å². The number of fused-ring (bicyclic) bond motifs is 1. The number of benzene rings is 2. The zero-order valence-electron chi connectivity index (χ0n) is 22.3. The Labute approximate surface area is 237 Å². The molecule has 1 N–H and O–H groups in total. The van der Waals surface area contributed by atoms with Crippen LogP contribution in [0.3, 0.4) is 0 Å². The standard InChI is InChI=1S/C27H17F5N6O2.C2H6/c28-26(29,22-13-18(8-9-34-22)27(30,31)32)17-4-6-20(7-5-17)37-10-11-38-23(25(37)40)21(15-35-38)24(39)36-19-3-1-2-16(12-19)14-33;1-2/h1-9,12-13,15H,10-11H2,(H,36,39);1-2H3. The smallest absolute Gasteiger partial charge is 0.322 e. The van der Waals surface area contributed by atoms with E-state index in [2.05, 4.69) is 15.4 Å². The second-order valence-corrected chi connectivity index (χ2v) is 8.78. The summed E-state index contributed by atoms with van der Waals surface area (Å²) < 4.78 is 70.5. The van der Waals surface area contributed by atoms with E-state index in [9.17, 15) is 22.8 Å². The number of anilines is 2. The Morgan fingerprint density at radius 2 is 1.69 bits per heavy atom. The number of amides is 2. The number of carbonyl (C=O) groups excluding carboxylic acids is 2. The summed E-state index contributed by atoms with van der Waals surface area (Å²) in [4.78, 5) is 31.0. The first kappa shape index (κ1) is 29.9. The molecular formula is C29H23F5N6O2. The third-order valence-electron chi connectivity index (χ3n) is 6.27. The largest absolute Gasteiger partial charge is 0.416 e. The van der Waals surface area contributed by atoms with Crippen molar-refractivity contribution in [2.24, 2.45) is 0 Å². The molecule has 0 aliphatic carbocycles. The number of hydrogen-bond donors (Lipinski definition) is 1. The van der Waals surface area contributed by atoms with Crippen LogP contribution >= 0.6 is 0 Å². The summed E-state index contributed by atoms with van der Waals surface area (Å²) in [6.45, 7) is 4.34. The fraction of sp³-hybridized carbons (Fsp3) is 0.207. The first-order valence-corrected chi connectivity index (χ1v) is 12.7. The topological polar surface area (TPSA) is 104 Å². The molecule has 0 saturated carbocycles. The Kier molecular flexibility index (Phi) is 8.37. The molecule has 3 heterocycles. The summed E-state index contributed by atoms with van der Waals surface area (Å²) in [5.74, 6) is -5.06. The number of rotatable bonds is 5. The molecule has 5 rings (SSSR count). The maximum Gasteiger partial charge on any atom is 0.416 e. The van der Waals surface area contributed by atoms with Gasteiger partial charge in [0.25, 0.3) is 11.8 Å². The van der Waals surface area contributed by atoms with Crippen LogP contribution in [-0.4, -0.2) is 33.1 Å². The van der Waals surface area contributed by atoms with Gasteiger partial charge in [0.1, 0.15) is 11.4 Å². The lowest BCUT2D eigenvalue weighted by Crippen LogP contribution is -2.41. The summed E-state index contributed by atoms with van der Waals surface area (Å²) in [5, 5.41) is 15.8. The fourth-order valence-corrected chi connectivity index (χ4v) is 4.26. The Hall–Kier alpha value is -5.12. The number of aromatic nitrogens is 3. The van der Waals surface area contributed by atoms with Crippen molar-refractivity contribution in [3.05, 3.63) is 107 Å². The minimum Gasteiger partial charge on any atom is -0.322 e. The van der Waals surface area contributed by atoms with Crippen molar-refractivity contribution in [2.45, 2.75) is 32.5 Å². The third-order valence-corrected chi connectivity index (χ3v) is 6.27. The lowest BCUT2D eigenvalue weighted by Gasteiger charge is -2.28. The molecule has 216 valence electrons. The number of halogens is 5. The molecule has 1 aliphatic heterocycles. The molecule has 2 amide bonds. The van der Waals surface area contributed by atoms with Crippen LogP contribution in [0.1, 0.15) is 57.1 Å². The molecule has 2 aromatic heterocycles. The highest BCUT2D eigenvalue weighted by molar-refractivity contribution is 6.15. The molecule has 0 fully saturated rings. The molecule has 2 aromatic carbocycles. The molecule has 0 bridgehead atoms. The van der Waals surface area contributed by atoms with Gasteiger partial charge in [-0.3, -0.25) is 19.3 Å². The number of carbonyl (C=O) groups is 2. The minimum absolute atomic E-state index is 0.0113. The highest BCUT2D eigenvalue weighted by Crippen LogP contribution is 2.38. The van der Waals surface area contributed by atoms with E-state index >= 15 is 8.78 Å². The highest BCUT2D eigenvalue weighted by atomic mass is 19.4. The molecule has 13 heteroatoms. The fourth-order valence-electron chi connectivity index (χ4n) is 4.26. The average molecular weight is 583 g/mol. The predicted octanol–water partition coefficient (Wildman–Crippen LogP) is 6.25. The second kappa shape index (κ2) is 11.8. The van der Waals surface area contributed by atoms with E-state index in [1.165, 1.54) is 34.0 Å². The van der Waals surface area contributed by atoms with Crippen molar-refractivity contribution < 1.29 is 31.5 Å². The third kappa shape index (κ3) is 5.83. The zero-order valence-corrected chi connectivity index (χ0v) is 22.3. The Morgan fingerprint density at radius 1 is 0.976 bits per heavy atom. The van der Waals surface area contributed by atoms with Crippen LogP contribution in [0.25, 0.3) is 0 Å². The molecule has 0 unspecified atom stereocenters. The van der Waals surface area contributed by atoms with Gasteiger partial charge in [0.15, 0.2) is 0 Å². The molecular weight excluding hydrogens is 559 g/mol. The van der Waals surface area contributed by atoms with Gasteiger partial charge in [-0.1, -0.05) is 32.0 Å². The number of nitrogens with zero attached hydrogens (tertiary/aromatic N) is 5. The second-order valence-electron chi connectivity index (χ2n) is 8.78. The van der Waals surface area contributed by atoms with Crippen molar-refractivity contribution in [1.29, 1.82) is 5.26 Å². The Morgan fingerprint density at radius 3 is 2.36 bits per heavy atom. The van der Waals surface area contributed by atoms with Gasteiger partial charge in [0.05, 0.1) is 35.5 Å². The highest BCUT2D eigenvalue weighted by Gasteiger charge is 2.39. The van der Waals surface area contributed by atoms with E-state index < -0.39 is 40.7 Å². The summed E-state index contributed by atoms with van der Waals surface area (Å²) >= 11 is 0. The Bertz CT molecular complexity index is 1660. The summed E-state index contributed by atoms with van der Waals surface area (Å²) in [7, 11) is 0.